The number of thiazole rings is 1. The first-order valence-corrected chi connectivity index (χ1v) is 9.77. The number of nitrogens with zero attached hydrogens (tertiary/aromatic N) is 3. The number of amides is 1. The van der Waals surface area contributed by atoms with Crippen molar-refractivity contribution in [3.63, 3.8) is 0 Å². The minimum absolute atomic E-state index is 0.0123. The lowest BCUT2D eigenvalue weighted by atomic mass is 9.97. The zero-order chi connectivity index (χ0) is 16.9. The molecule has 1 aliphatic rings. The van der Waals surface area contributed by atoms with Gasteiger partial charge in [-0.25, -0.2) is 4.98 Å². The van der Waals surface area contributed by atoms with E-state index in [1.54, 1.807) is 42.4 Å². The van der Waals surface area contributed by atoms with Crippen LogP contribution in [-0.4, -0.2) is 45.4 Å². The molecule has 3 rings (SSSR count). The molecule has 2 aromatic rings. The second-order valence-corrected chi connectivity index (χ2v) is 7.69. The van der Waals surface area contributed by atoms with Crippen molar-refractivity contribution < 1.29 is 9.59 Å². The summed E-state index contributed by atoms with van der Waals surface area (Å²) in [6.07, 6.45) is 5.30. The third kappa shape index (κ3) is 4.21. The van der Waals surface area contributed by atoms with Gasteiger partial charge in [-0.1, -0.05) is 0 Å². The molecule has 0 aliphatic carbocycles. The van der Waals surface area contributed by atoms with Crippen LogP contribution >= 0.6 is 23.1 Å². The number of carbonyl (C=O) groups excluding carboxylic acids is 2. The molecule has 1 fully saturated rings. The average Bonchev–Trinajstić information content (AvgIpc) is 3.11. The van der Waals surface area contributed by atoms with E-state index in [0.29, 0.717) is 17.4 Å². The van der Waals surface area contributed by atoms with E-state index in [0.717, 1.165) is 35.8 Å². The first-order chi connectivity index (χ1) is 11.6. The lowest BCUT2D eigenvalue weighted by Crippen LogP contribution is -2.38. The van der Waals surface area contributed by atoms with Crippen molar-refractivity contribution in [2.75, 3.05) is 18.8 Å². The van der Waals surface area contributed by atoms with E-state index in [9.17, 15) is 9.59 Å². The average molecular weight is 361 g/mol. The summed E-state index contributed by atoms with van der Waals surface area (Å²) in [7, 11) is 0. The Morgan fingerprint density at radius 1 is 1.29 bits per heavy atom. The molecule has 1 aliphatic heterocycles. The highest BCUT2D eigenvalue weighted by molar-refractivity contribution is 8.00. The van der Waals surface area contributed by atoms with Crippen LogP contribution in [0, 0.1) is 0 Å². The molecule has 0 saturated carbocycles. The number of carbonyl (C=O) groups is 2. The number of pyridine rings is 1. The Morgan fingerprint density at radius 3 is 2.62 bits per heavy atom. The second-order valence-electron chi connectivity index (χ2n) is 5.75. The van der Waals surface area contributed by atoms with Crippen LogP contribution in [0.15, 0.2) is 34.8 Å². The largest absolute Gasteiger partial charge is 0.342 e. The van der Waals surface area contributed by atoms with Crippen molar-refractivity contribution in [1.82, 2.24) is 14.9 Å². The molecule has 0 N–H and O–H groups in total. The van der Waals surface area contributed by atoms with E-state index in [-0.39, 0.29) is 11.7 Å². The van der Waals surface area contributed by atoms with Gasteiger partial charge in [-0.05, 0) is 25.0 Å². The summed E-state index contributed by atoms with van der Waals surface area (Å²) in [5, 5.41) is 2.86. The summed E-state index contributed by atoms with van der Waals surface area (Å²) in [4.78, 5) is 35.1. The minimum Gasteiger partial charge on any atom is -0.342 e. The van der Waals surface area contributed by atoms with Crippen LogP contribution in [-0.2, 0) is 4.79 Å². The molecule has 0 atom stereocenters. The van der Waals surface area contributed by atoms with Gasteiger partial charge in [0.2, 0.25) is 5.91 Å². The molecule has 0 spiro atoms. The van der Waals surface area contributed by atoms with Crippen molar-refractivity contribution in [3.05, 3.63) is 40.6 Å². The smallest absolute Gasteiger partial charge is 0.232 e. The summed E-state index contributed by atoms with van der Waals surface area (Å²) in [5.41, 5.74) is 0.558. The van der Waals surface area contributed by atoms with Gasteiger partial charge in [-0.15, -0.1) is 23.1 Å². The Balaban J connectivity index is 1.49. The summed E-state index contributed by atoms with van der Waals surface area (Å²) >= 11 is 3.10. The van der Waals surface area contributed by atoms with Crippen molar-refractivity contribution >= 4 is 34.8 Å². The van der Waals surface area contributed by atoms with Gasteiger partial charge in [0.1, 0.15) is 5.69 Å². The van der Waals surface area contributed by atoms with Crippen molar-refractivity contribution in [1.29, 1.82) is 0 Å². The molecule has 5 nitrogen and oxygen atoms in total. The summed E-state index contributed by atoms with van der Waals surface area (Å²) in [5.74, 6) is 1.01. The van der Waals surface area contributed by atoms with E-state index >= 15 is 0 Å². The first-order valence-electron chi connectivity index (χ1n) is 7.90. The highest BCUT2D eigenvalue weighted by Gasteiger charge is 2.25. The van der Waals surface area contributed by atoms with E-state index in [1.165, 1.54) is 0 Å². The third-order valence-corrected chi connectivity index (χ3v) is 6.10. The maximum Gasteiger partial charge on any atom is 0.232 e. The van der Waals surface area contributed by atoms with Gasteiger partial charge in [0.25, 0.3) is 0 Å². The number of hydrogen-bond acceptors (Lipinski definition) is 6. The number of likely N-dealkylation sites (tertiary alicyclic amines) is 1. The van der Waals surface area contributed by atoms with Crippen LogP contribution in [0.3, 0.4) is 0 Å². The predicted octanol–water partition coefficient (Wildman–Crippen LogP) is 3.24. The molecule has 2 aromatic heterocycles. The van der Waals surface area contributed by atoms with Gasteiger partial charge >= 0.3 is 0 Å². The Hall–Kier alpha value is -1.73. The lowest BCUT2D eigenvalue weighted by Gasteiger charge is -2.31. The van der Waals surface area contributed by atoms with Crippen LogP contribution in [0.4, 0.5) is 0 Å². The zero-order valence-corrected chi connectivity index (χ0v) is 15.1. The topological polar surface area (TPSA) is 63.2 Å². The maximum atomic E-state index is 12.3. The molecular weight excluding hydrogens is 342 g/mol. The van der Waals surface area contributed by atoms with Gasteiger partial charge in [0.15, 0.2) is 5.78 Å². The van der Waals surface area contributed by atoms with Crippen LogP contribution in [0.5, 0.6) is 0 Å². The summed E-state index contributed by atoms with van der Waals surface area (Å²) in [6, 6.07) is 3.83. The quantitative estimate of drug-likeness (QED) is 0.604. The molecule has 24 heavy (non-hydrogen) atoms. The Kier molecular flexibility index (Phi) is 5.63. The number of Topliss-reactive ketones (excluding diaryl/α,β-unsaturated/α-hetero) is 1. The monoisotopic (exact) mass is 361 g/mol. The standard InChI is InChI=1S/C17H19N3O2S2/c1-12(21)15-10-24-17(19-15)13-4-8-20(9-5-13)16(22)11-23-14-2-6-18-7-3-14/h2-3,6-7,10,13H,4-5,8-9,11H2,1H3. The van der Waals surface area contributed by atoms with E-state index in [2.05, 4.69) is 9.97 Å². The van der Waals surface area contributed by atoms with Gasteiger partial charge in [-0.3, -0.25) is 14.6 Å². The van der Waals surface area contributed by atoms with Crippen molar-refractivity contribution in [3.8, 4) is 0 Å². The number of piperidine rings is 1. The molecular formula is C17H19N3O2S2. The third-order valence-electron chi connectivity index (χ3n) is 4.09. The van der Waals surface area contributed by atoms with Crippen LogP contribution < -0.4 is 0 Å². The van der Waals surface area contributed by atoms with E-state index < -0.39 is 0 Å². The van der Waals surface area contributed by atoms with Gasteiger partial charge in [0, 0.05) is 48.6 Å². The van der Waals surface area contributed by atoms with Gasteiger partial charge in [-0.2, -0.15) is 0 Å². The fourth-order valence-corrected chi connectivity index (χ4v) is 4.50. The Morgan fingerprint density at radius 2 is 2.00 bits per heavy atom. The molecule has 1 saturated heterocycles. The lowest BCUT2D eigenvalue weighted by molar-refractivity contribution is -0.129. The molecule has 1 amide bonds. The predicted molar refractivity (Wildman–Crippen MR) is 95.6 cm³/mol. The number of thioether (sulfide) groups is 1. The first kappa shape index (κ1) is 17.1. The number of aromatic nitrogens is 2. The second kappa shape index (κ2) is 7.90. The molecule has 0 radical (unpaired) electrons. The fraction of sp³-hybridized carbons (Fsp3) is 0.412. The molecule has 3 heterocycles. The summed E-state index contributed by atoms with van der Waals surface area (Å²) < 4.78 is 0. The number of ketones is 1. The minimum atomic E-state index is 0.0123. The van der Waals surface area contributed by atoms with Gasteiger partial charge in [0.05, 0.1) is 10.8 Å². The van der Waals surface area contributed by atoms with Crippen LogP contribution in [0.25, 0.3) is 0 Å². The van der Waals surface area contributed by atoms with Crippen LogP contribution in [0.2, 0.25) is 0 Å². The molecule has 7 heteroatoms. The van der Waals surface area contributed by atoms with Crippen LogP contribution in [0.1, 0.15) is 41.2 Å². The summed E-state index contributed by atoms with van der Waals surface area (Å²) in [6.45, 7) is 3.06. The Bertz CT molecular complexity index is 710. The van der Waals surface area contributed by atoms with E-state index in [4.69, 9.17) is 0 Å². The highest BCUT2D eigenvalue weighted by Crippen LogP contribution is 2.30. The zero-order valence-electron chi connectivity index (χ0n) is 13.5. The molecule has 126 valence electrons. The molecule has 0 aromatic carbocycles. The SMILES string of the molecule is CC(=O)c1csc(C2CCN(C(=O)CSc3ccncc3)CC2)n1. The van der Waals surface area contributed by atoms with Gasteiger partial charge < -0.3 is 4.90 Å². The van der Waals surface area contributed by atoms with E-state index in [1.807, 2.05) is 22.4 Å². The normalized spacial score (nSPS) is 15.5. The molecule has 0 unspecified atom stereocenters. The van der Waals surface area contributed by atoms with Crippen molar-refractivity contribution in [2.45, 2.75) is 30.6 Å². The maximum absolute atomic E-state index is 12.3. The number of rotatable bonds is 5. The number of hydrogen-bond donors (Lipinski definition) is 0. The van der Waals surface area contributed by atoms with Crippen molar-refractivity contribution in [2.24, 2.45) is 0 Å². The fourth-order valence-electron chi connectivity index (χ4n) is 2.68. The highest BCUT2D eigenvalue weighted by atomic mass is 32.2. The Labute approximate surface area is 149 Å². The molecule has 0 bridgehead atoms.